The van der Waals surface area contributed by atoms with Crippen LogP contribution in [0.2, 0.25) is 0 Å². The lowest BCUT2D eigenvalue weighted by atomic mass is 10.2. The first kappa shape index (κ1) is 9.39. The third-order valence-electron chi connectivity index (χ3n) is 1.41. The number of carbonyl (C=O) groups is 1. The van der Waals surface area contributed by atoms with Crippen molar-refractivity contribution in [1.82, 2.24) is 5.32 Å². The van der Waals surface area contributed by atoms with Crippen LogP contribution >= 0.6 is 0 Å². The van der Waals surface area contributed by atoms with E-state index in [0.29, 0.717) is 13.0 Å². The van der Waals surface area contributed by atoms with Crippen LogP contribution in [0.25, 0.3) is 0 Å². The number of aliphatic hydroxyl groups excluding tert-OH is 1. The van der Waals surface area contributed by atoms with Crippen molar-refractivity contribution in [1.29, 1.82) is 0 Å². The van der Waals surface area contributed by atoms with E-state index in [0.717, 1.165) is 0 Å². The first-order valence-electron chi connectivity index (χ1n) is 2.84. The fourth-order valence-corrected chi connectivity index (χ4v) is 0.905. The lowest BCUT2D eigenvalue weighted by Gasteiger charge is -1.99. The van der Waals surface area contributed by atoms with Gasteiger partial charge in [-0.1, -0.05) is 7.43 Å². The van der Waals surface area contributed by atoms with E-state index < -0.39 is 18.1 Å². The summed E-state index contributed by atoms with van der Waals surface area (Å²) in [6.45, 7) is 0.400. The standard InChI is InChI=1S/C5H9NO3.CH4/c7-3-1-4(5(8)9)6-2-3;/h3-4,6-7H,1-2H2,(H,8,9);1H4/t3?,4-;/m0./s1. The molecule has 1 unspecified atom stereocenters. The number of aliphatic hydroxyl groups is 1. The molecule has 3 N–H and O–H groups in total. The second-order valence-corrected chi connectivity index (χ2v) is 2.19. The summed E-state index contributed by atoms with van der Waals surface area (Å²) < 4.78 is 0. The summed E-state index contributed by atoms with van der Waals surface area (Å²) >= 11 is 0. The summed E-state index contributed by atoms with van der Waals surface area (Å²) in [5.74, 6) is -0.883. The van der Waals surface area contributed by atoms with Gasteiger partial charge in [0.25, 0.3) is 0 Å². The molecule has 1 saturated heterocycles. The number of hydrogen-bond donors (Lipinski definition) is 3. The van der Waals surface area contributed by atoms with Gasteiger partial charge < -0.3 is 15.5 Å². The predicted octanol–water partition coefficient (Wildman–Crippen LogP) is -0.570. The third-order valence-corrected chi connectivity index (χ3v) is 1.41. The van der Waals surface area contributed by atoms with Gasteiger partial charge in [-0.05, 0) is 0 Å². The van der Waals surface area contributed by atoms with Crippen molar-refractivity contribution in [3.05, 3.63) is 0 Å². The highest BCUT2D eigenvalue weighted by Gasteiger charge is 2.27. The molecule has 0 aromatic rings. The number of nitrogens with one attached hydrogen (secondary N) is 1. The lowest BCUT2D eigenvalue weighted by molar-refractivity contribution is -0.139. The molecule has 0 aromatic carbocycles. The smallest absolute Gasteiger partial charge is 0.320 e. The van der Waals surface area contributed by atoms with E-state index in [9.17, 15) is 4.79 Å². The molecule has 1 fully saturated rings. The zero-order chi connectivity index (χ0) is 6.85. The Labute approximate surface area is 59.9 Å². The van der Waals surface area contributed by atoms with Crippen molar-refractivity contribution in [3.63, 3.8) is 0 Å². The molecule has 0 aliphatic carbocycles. The minimum Gasteiger partial charge on any atom is -0.480 e. The average molecular weight is 147 g/mol. The largest absolute Gasteiger partial charge is 0.480 e. The first-order chi connectivity index (χ1) is 4.20. The molecule has 4 nitrogen and oxygen atoms in total. The van der Waals surface area contributed by atoms with Crippen LogP contribution in [0.1, 0.15) is 13.8 Å². The topological polar surface area (TPSA) is 69.6 Å². The summed E-state index contributed by atoms with van der Waals surface area (Å²) in [7, 11) is 0. The van der Waals surface area contributed by atoms with Crippen LogP contribution in [0.5, 0.6) is 0 Å². The van der Waals surface area contributed by atoms with Crippen LogP contribution in [-0.2, 0) is 4.79 Å². The Morgan fingerprint density at radius 1 is 1.60 bits per heavy atom. The fourth-order valence-electron chi connectivity index (χ4n) is 0.905. The maximum Gasteiger partial charge on any atom is 0.320 e. The molecule has 0 spiro atoms. The zero-order valence-electron chi connectivity index (χ0n) is 4.87. The number of hydrogen-bond acceptors (Lipinski definition) is 3. The molecule has 0 aromatic heterocycles. The zero-order valence-corrected chi connectivity index (χ0v) is 4.87. The third kappa shape index (κ3) is 1.97. The molecule has 1 aliphatic rings. The summed E-state index contributed by atoms with van der Waals surface area (Å²) in [4.78, 5) is 10.2. The van der Waals surface area contributed by atoms with Crippen molar-refractivity contribution >= 4 is 5.97 Å². The predicted molar refractivity (Wildman–Crippen MR) is 36.8 cm³/mol. The number of carboxylic acid groups (broad SMARTS) is 1. The van der Waals surface area contributed by atoms with E-state index in [-0.39, 0.29) is 7.43 Å². The van der Waals surface area contributed by atoms with Crippen LogP contribution in [0, 0.1) is 0 Å². The van der Waals surface area contributed by atoms with Crippen molar-refractivity contribution in [2.45, 2.75) is 26.0 Å². The van der Waals surface area contributed by atoms with E-state index in [1.165, 1.54) is 0 Å². The molecular formula is C6H13NO3. The van der Waals surface area contributed by atoms with Gasteiger partial charge in [-0.15, -0.1) is 0 Å². The molecule has 0 amide bonds. The molecule has 1 heterocycles. The van der Waals surface area contributed by atoms with Gasteiger partial charge in [-0.2, -0.15) is 0 Å². The normalized spacial score (nSPS) is 31.3. The summed E-state index contributed by atoms with van der Waals surface area (Å²) in [5, 5.41) is 19.8. The van der Waals surface area contributed by atoms with Crippen molar-refractivity contribution in [2.75, 3.05) is 6.54 Å². The van der Waals surface area contributed by atoms with Gasteiger partial charge in [0.2, 0.25) is 0 Å². The van der Waals surface area contributed by atoms with Crippen LogP contribution in [0.3, 0.4) is 0 Å². The molecule has 2 atom stereocenters. The monoisotopic (exact) mass is 147 g/mol. The minimum atomic E-state index is -0.883. The average Bonchev–Trinajstić information content (AvgIpc) is 2.14. The van der Waals surface area contributed by atoms with E-state index in [4.69, 9.17) is 10.2 Å². The molecule has 4 heteroatoms. The van der Waals surface area contributed by atoms with Crippen molar-refractivity contribution < 1.29 is 15.0 Å². The van der Waals surface area contributed by atoms with Gasteiger partial charge in [0.1, 0.15) is 6.04 Å². The van der Waals surface area contributed by atoms with E-state index >= 15 is 0 Å². The van der Waals surface area contributed by atoms with Crippen molar-refractivity contribution in [3.8, 4) is 0 Å². The van der Waals surface area contributed by atoms with Gasteiger partial charge in [-0.25, -0.2) is 0 Å². The highest BCUT2D eigenvalue weighted by molar-refractivity contribution is 5.73. The van der Waals surface area contributed by atoms with Crippen molar-refractivity contribution in [2.24, 2.45) is 0 Å². The van der Waals surface area contributed by atoms with Crippen LogP contribution < -0.4 is 5.32 Å². The first-order valence-corrected chi connectivity index (χ1v) is 2.84. The van der Waals surface area contributed by atoms with Gasteiger partial charge in [0, 0.05) is 13.0 Å². The van der Waals surface area contributed by atoms with Crippen LogP contribution in [0.15, 0.2) is 0 Å². The molecule has 1 aliphatic heterocycles. The molecule has 0 radical (unpaired) electrons. The van der Waals surface area contributed by atoms with E-state index in [1.807, 2.05) is 0 Å². The summed E-state index contributed by atoms with van der Waals surface area (Å²) in [6.07, 6.45) is -0.152. The molecule has 0 saturated carbocycles. The number of carboxylic acids is 1. The summed E-state index contributed by atoms with van der Waals surface area (Å²) in [6, 6.07) is -0.542. The Morgan fingerprint density at radius 2 is 2.20 bits per heavy atom. The highest BCUT2D eigenvalue weighted by atomic mass is 16.4. The van der Waals surface area contributed by atoms with Crippen LogP contribution in [0.4, 0.5) is 0 Å². The van der Waals surface area contributed by atoms with Crippen LogP contribution in [-0.4, -0.2) is 34.9 Å². The Kier molecular flexibility index (Phi) is 3.32. The Bertz CT molecular complexity index is 126. The maximum absolute atomic E-state index is 10.2. The molecule has 0 bridgehead atoms. The molecule has 10 heavy (non-hydrogen) atoms. The molecule has 1 rings (SSSR count). The number of aliphatic carboxylic acids is 1. The van der Waals surface area contributed by atoms with E-state index in [1.54, 1.807) is 0 Å². The minimum absolute atomic E-state index is 0. The summed E-state index contributed by atoms with van der Waals surface area (Å²) in [5.41, 5.74) is 0. The Morgan fingerprint density at radius 3 is 2.40 bits per heavy atom. The van der Waals surface area contributed by atoms with Gasteiger partial charge in [0.05, 0.1) is 6.10 Å². The van der Waals surface area contributed by atoms with Gasteiger partial charge in [0.15, 0.2) is 0 Å². The lowest BCUT2D eigenvalue weighted by Crippen LogP contribution is -2.29. The SMILES string of the molecule is C.O=C(O)[C@@H]1CC(O)CN1. The van der Waals surface area contributed by atoms with E-state index in [2.05, 4.69) is 5.32 Å². The van der Waals surface area contributed by atoms with Gasteiger partial charge >= 0.3 is 5.97 Å². The number of rotatable bonds is 1. The maximum atomic E-state index is 10.2. The second kappa shape index (κ2) is 3.53. The Balaban J connectivity index is 0.000000810. The molecule has 60 valence electrons. The molecular weight excluding hydrogens is 134 g/mol. The quantitative estimate of drug-likeness (QED) is 0.464. The Hall–Kier alpha value is -0.610. The van der Waals surface area contributed by atoms with Gasteiger partial charge in [-0.3, -0.25) is 4.79 Å². The highest BCUT2D eigenvalue weighted by Crippen LogP contribution is 2.05. The fraction of sp³-hybridized carbons (Fsp3) is 0.833. The second-order valence-electron chi connectivity index (χ2n) is 2.19. The number of β-amino-alcohol motifs (C(OH)–C–C–N with tert-alkyl or cyclic N) is 1.